The summed E-state index contributed by atoms with van der Waals surface area (Å²) in [4.78, 5) is 0.288. The Balaban J connectivity index is 2.30. The molecule has 1 aliphatic carbocycles. The van der Waals surface area contributed by atoms with Crippen LogP contribution in [0, 0.1) is 5.41 Å². The molecule has 1 saturated carbocycles. The molecule has 1 fully saturated rings. The fourth-order valence-electron chi connectivity index (χ4n) is 2.05. The molecule has 17 heavy (non-hydrogen) atoms. The Morgan fingerprint density at radius 2 is 1.76 bits per heavy atom. The number of rotatable bonds is 4. The maximum atomic E-state index is 12.3. The first-order valence-corrected chi connectivity index (χ1v) is 7.28. The highest BCUT2D eigenvalue weighted by Gasteiger charge is 2.59. The summed E-state index contributed by atoms with van der Waals surface area (Å²) in [6, 6.07) is 6.19. The quantitative estimate of drug-likeness (QED) is 0.850. The smallest absolute Gasteiger partial charge is 0.181 e. The number of hydrogen-bond donors (Lipinski definition) is 2. The lowest BCUT2D eigenvalue weighted by molar-refractivity contribution is 0.525. The van der Waals surface area contributed by atoms with E-state index in [4.69, 9.17) is 23.1 Å². The third kappa shape index (κ3) is 2.08. The van der Waals surface area contributed by atoms with E-state index in [-0.39, 0.29) is 4.90 Å². The summed E-state index contributed by atoms with van der Waals surface area (Å²) in [5, 5.41) is 0.0647. The van der Waals surface area contributed by atoms with Gasteiger partial charge < -0.3 is 11.5 Å². The van der Waals surface area contributed by atoms with Gasteiger partial charge in [-0.05, 0) is 30.7 Å². The molecule has 1 atom stereocenters. The highest BCUT2D eigenvalue weighted by molar-refractivity contribution is 7.92. The molecule has 0 bridgehead atoms. The second-order valence-electron chi connectivity index (χ2n) is 4.46. The van der Waals surface area contributed by atoms with Crippen LogP contribution in [0.3, 0.4) is 0 Å². The summed E-state index contributed by atoms with van der Waals surface area (Å²) < 4.78 is 24.6. The summed E-state index contributed by atoms with van der Waals surface area (Å²) in [5.74, 6) is 0. The van der Waals surface area contributed by atoms with Gasteiger partial charge in [-0.1, -0.05) is 11.6 Å². The second kappa shape index (κ2) is 4.24. The summed E-state index contributed by atoms with van der Waals surface area (Å²) in [6.07, 6.45) is 0.547. The van der Waals surface area contributed by atoms with Crippen LogP contribution in [0.25, 0.3) is 0 Å². The average Bonchev–Trinajstić information content (AvgIpc) is 3.06. The van der Waals surface area contributed by atoms with E-state index in [0.717, 1.165) is 0 Å². The largest absolute Gasteiger partial charge is 0.330 e. The van der Waals surface area contributed by atoms with Crippen LogP contribution < -0.4 is 11.5 Å². The molecular weight excluding hydrogens is 260 g/mol. The summed E-state index contributed by atoms with van der Waals surface area (Å²) in [7, 11) is -3.33. The van der Waals surface area contributed by atoms with Gasteiger partial charge in [-0.15, -0.1) is 0 Å². The lowest BCUT2D eigenvalue weighted by atomic mass is 10.1. The van der Waals surface area contributed by atoms with Crippen molar-refractivity contribution in [1.29, 1.82) is 0 Å². The molecule has 1 aromatic carbocycles. The van der Waals surface area contributed by atoms with Crippen molar-refractivity contribution in [3.63, 3.8) is 0 Å². The first-order chi connectivity index (χ1) is 7.96. The van der Waals surface area contributed by atoms with Gasteiger partial charge in [0, 0.05) is 23.5 Å². The van der Waals surface area contributed by atoms with E-state index in [1.54, 1.807) is 12.1 Å². The van der Waals surface area contributed by atoms with Crippen LogP contribution >= 0.6 is 11.6 Å². The van der Waals surface area contributed by atoms with Crippen molar-refractivity contribution in [3.05, 3.63) is 29.3 Å². The number of sulfone groups is 1. The second-order valence-corrected chi connectivity index (χ2v) is 7.03. The van der Waals surface area contributed by atoms with Crippen molar-refractivity contribution in [1.82, 2.24) is 0 Å². The summed E-state index contributed by atoms with van der Waals surface area (Å²) in [5.41, 5.74) is 10.8. The van der Waals surface area contributed by atoms with Crippen molar-refractivity contribution in [2.75, 3.05) is 13.1 Å². The lowest BCUT2D eigenvalue weighted by Crippen LogP contribution is -2.31. The van der Waals surface area contributed by atoms with Gasteiger partial charge >= 0.3 is 0 Å². The van der Waals surface area contributed by atoms with Crippen LogP contribution in [0.4, 0.5) is 0 Å². The molecular formula is C11H15ClN2O2S. The van der Waals surface area contributed by atoms with Gasteiger partial charge in [-0.2, -0.15) is 0 Å². The van der Waals surface area contributed by atoms with Gasteiger partial charge in [0.1, 0.15) is 0 Å². The van der Waals surface area contributed by atoms with Crippen LogP contribution in [0.15, 0.2) is 29.2 Å². The van der Waals surface area contributed by atoms with Gasteiger partial charge in [0.25, 0.3) is 0 Å². The molecule has 4 N–H and O–H groups in total. The van der Waals surface area contributed by atoms with Crippen molar-refractivity contribution in [2.24, 2.45) is 16.9 Å². The zero-order valence-electron chi connectivity index (χ0n) is 9.27. The summed E-state index contributed by atoms with van der Waals surface area (Å²) in [6.45, 7) is 0.613. The molecule has 4 nitrogen and oxygen atoms in total. The minimum absolute atomic E-state index is 0.288. The molecule has 0 spiro atoms. The molecule has 0 heterocycles. The zero-order valence-corrected chi connectivity index (χ0v) is 10.8. The maximum Gasteiger partial charge on any atom is 0.181 e. The molecule has 0 amide bonds. The molecule has 0 radical (unpaired) electrons. The number of benzene rings is 1. The summed E-state index contributed by atoms with van der Waals surface area (Å²) >= 11 is 5.73. The van der Waals surface area contributed by atoms with Crippen molar-refractivity contribution < 1.29 is 8.42 Å². The third-order valence-electron chi connectivity index (χ3n) is 3.44. The zero-order chi connectivity index (χ0) is 12.7. The number of nitrogens with two attached hydrogens (primary N) is 2. The predicted molar refractivity (Wildman–Crippen MR) is 67.6 cm³/mol. The molecule has 0 saturated heterocycles. The highest BCUT2D eigenvalue weighted by Crippen LogP contribution is 2.51. The van der Waals surface area contributed by atoms with Gasteiger partial charge in [0.15, 0.2) is 9.84 Å². The Bertz CT molecular complexity index is 509. The fraction of sp³-hybridized carbons (Fsp3) is 0.455. The van der Waals surface area contributed by atoms with E-state index >= 15 is 0 Å². The lowest BCUT2D eigenvalue weighted by Gasteiger charge is -2.12. The molecule has 1 aromatic rings. The van der Waals surface area contributed by atoms with Gasteiger partial charge in [0.05, 0.1) is 10.1 Å². The fourth-order valence-corrected chi connectivity index (χ4v) is 4.42. The highest BCUT2D eigenvalue weighted by atomic mass is 35.5. The van der Waals surface area contributed by atoms with E-state index in [9.17, 15) is 8.42 Å². The van der Waals surface area contributed by atoms with Crippen LogP contribution in [0.2, 0.25) is 5.02 Å². The van der Waals surface area contributed by atoms with Crippen LogP contribution in [-0.4, -0.2) is 26.8 Å². The molecule has 94 valence electrons. The molecule has 0 aromatic heterocycles. The SMILES string of the molecule is NCC1(CN)C[C@@H]1S(=O)(=O)c1ccc(Cl)cc1. The van der Waals surface area contributed by atoms with E-state index in [1.165, 1.54) is 12.1 Å². The molecule has 2 rings (SSSR count). The van der Waals surface area contributed by atoms with E-state index < -0.39 is 20.5 Å². The van der Waals surface area contributed by atoms with Crippen molar-refractivity contribution in [3.8, 4) is 0 Å². The van der Waals surface area contributed by atoms with E-state index in [2.05, 4.69) is 0 Å². The monoisotopic (exact) mass is 274 g/mol. The minimum atomic E-state index is -3.33. The topological polar surface area (TPSA) is 86.2 Å². The maximum absolute atomic E-state index is 12.3. The van der Waals surface area contributed by atoms with E-state index in [0.29, 0.717) is 24.5 Å². The van der Waals surface area contributed by atoms with Gasteiger partial charge in [-0.25, -0.2) is 8.42 Å². The molecule has 0 unspecified atom stereocenters. The third-order valence-corrected chi connectivity index (χ3v) is 6.04. The van der Waals surface area contributed by atoms with Crippen LogP contribution in [0.5, 0.6) is 0 Å². The Kier molecular flexibility index (Phi) is 3.20. The first kappa shape index (κ1) is 12.8. The average molecular weight is 275 g/mol. The standard InChI is InChI=1S/C11H15ClN2O2S/c12-8-1-3-9(4-2-8)17(15,16)10-5-11(10,6-13)7-14/h1-4,10H,5-7,13-14H2/t10-/m0/s1. The van der Waals surface area contributed by atoms with Crippen LogP contribution in [0.1, 0.15) is 6.42 Å². The number of hydrogen-bond acceptors (Lipinski definition) is 4. The first-order valence-electron chi connectivity index (χ1n) is 5.36. The van der Waals surface area contributed by atoms with Gasteiger partial charge in [-0.3, -0.25) is 0 Å². The van der Waals surface area contributed by atoms with E-state index in [1.807, 2.05) is 0 Å². The van der Waals surface area contributed by atoms with Crippen molar-refractivity contribution in [2.45, 2.75) is 16.6 Å². The minimum Gasteiger partial charge on any atom is -0.330 e. The molecule has 0 aliphatic heterocycles. The Morgan fingerprint density at radius 3 is 2.18 bits per heavy atom. The molecule has 1 aliphatic rings. The molecule has 6 heteroatoms. The normalized spacial score (nSPS) is 22.4. The van der Waals surface area contributed by atoms with Crippen molar-refractivity contribution >= 4 is 21.4 Å². The van der Waals surface area contributed by atoms with Gasteiger partial charge in [0.2, 0.25) is 0 Å². The number of halogens is 1. The van der Waals surface area contributed by atoms with Crippen LogP contribution in [-0.2, 0) is 9.84 Å². The Labute approximate surface area is 106 Å². The predicted octanol–water partition coefficient (Wildman–Crippen LogP) is 0.790. The Morgan fingerprint density at radius 1 is 1.24 bits per heavy atom. The Hall–Kier alpha value is -0.620.